The van der Waals surface area contributed by atoms with Gasteiger partial charge >= 0.3 is 6.09 Å². The Balaban J connectivity index is 1.88. The lowest BCUT2D eigenvalue weighted by molar-refractivity contribution is -0.126. The van der Waals surface area contributed by atoms with Gasteiger partial charge in [-0.1, -0.05) is 30.3 Å². The first-order chi connectivity index (χ1) is 9.61. The molecule has 6 nitrogen and oxygen atoms in total. The van der Waals surface area contributed by atoms with Crippen molar-refractivity contribution >= 4 is 12.0 Å². The van der Waals surface area contributed by atoms with Crippen LogP contribution in [0.2, 0.25) is 0 Å². The van der Waals surface area contributed by atoms with Gasteiger partial charge in [0.15, 0.2) is 0 Å². The average molecular weight is 279 g/mol. The van der Waals surface area contributed by atoms with Crippen LogP contribution in [-0.4, -0.2) is 46.4 Å². The maximum Gasteiger partial charge on any atom is 0.416 e. The van der Waals surface area contributed by atoms with Crippen molar-refractivity contribution in [1.82, 2.24) is 4.90 Å². The first-order valence-corrected chi connectivity index (χ1v) is 6.41. The predicted molar refractivity (Wildman–Crippen MR) is 69.5 cm³/mol. The summed E-state index contributed by atoms with van der Waals surface area (Å²) >= 11 is 0. The van der Waals surface area contributed by atoms with E-state index in [0.717, 1.165) is 10.5 Å². The number of aliphatic hydroxyl groups excluding tert-OH is 2. The molecule has 0 saturated carbocycles. The molecule has 2 amide bonds. The Labute approximate surface area is 116 Å². The second-order valence-electron chi connectivity index (χ2n) is 4.76. The molecule has 2 N–H and O–H groups in total. The molecule has 2 atom stereocenters. The fraction of sp³-hybridized carbons (Fsp3) is 0.429. The van der Waals surface area contributed by atoms with Gasteiger partial charge in [-0.25, -0.2) is 9.69 Å². The van der Waals surface area contributed by atoms with Crippen molar-refractivity contribution in [3.05, 3.63) is 35.9 Å². The Hall–Kier alpha value is -1.92. The summed E-state index contributed by atoms with van der Waals surface area (Å²) in [6, 6.07) is 9.15. The zero-order valence-electron chi connectivity index (χ0n) is 10.9. The van der Waals surface area contributed by atoms with E-state index in [1.807, 2.05) is 30.3 Å². The Bertz CT molecular complexity index is 476. The zero-order valence-corrected chi connectivity index (χ0v) is 10.9. The first-order valence-electron chi connectivity index (χ1n) is 6.41. The topological polar surface area (TPSA) is 87.1 Å². The summed E-state index contributed by atoms with van der Waals surface area (Å²) < 4.78 is 5.07. The molecule has 0 spiro atoms. The lowest BCUT2D eigenvalue weighted by Gasteiger charge is -2.16. The number of carbonyl (C=O) groups excluding carboxylic acids is 2. The number of rotatable bonds is 4. The van der Waals surface area contributed by atoms with Crippen molar-refractivity contribution in [2.75, 3.05) is 13.2 Å². The second kappa shape index (κ2) is 6.49. The van der Waals surface area contributed by atoms with Crippen molar-refractivity contribution < 1.29 is 24.5 Å². The van der Waals surface area contributed by atoms with E-state index in [4.69, 9.17) is 9.84 Å². The number of benzene rings is 1. The van der Waals surface area contributed by atoms with E-state index >= 15 is 0 Å². The van der Waals surface area contributed by atoms with Gasteiger partial charge in [-0.15, -0.1) is 0 Å². The van der Waals surface area contributed by atoms with E-state index in [2.05, 4.69) is 0 Å². The van der Waals surface area contributed by atoms with E-state index < -0.39 is 24.7 Å². The van der Waals surface area contributed by atoms with Crippen LogP contribution in [0.5, 0.6) is 0 Å². The molecule has 1 saturated heterocycles. The standard InChI is InChI=1S/C14H17NO5/c16-8-12(17)11-6-13(18)15(7-11)14(19)20-9-10-4-2-1-3-5-10/h1-5,11-12,16-17H,6-9H2/t11-,12+/m0/s1. The lowest BCUT2D eigenvalue weighted by atomic mass is 10.0. The number of ether oxygens (including phenoxy) is 1. The van der Waals surface area contributed by atoms with Gasteiger partial charge in [-0.3, -0.25) is 4.79 Å². The Morgan fingerprint density at radius 1 is 1.40 bits per heavy atom. The smallest absolute Gasteiger partial charge is 0.416 e. The summed E-state index contributed by atoms with van der Waals surface area (Å²) in [7, 11) is 0. The van der Waals surface area contributed by atoms with Crippen LogP contribution in [0.1, 0.15) is 12.0 Å². The van der Waals surface area contributed by atoms with Gasteiger partial charge in [0.1, 0.15) is 6.61 Å². The van der Waals surface area contributed by atoms with Gasteiger partial charge in [-0.2, -0.15) is 0 Å². The summed E-state index contributed by atoms with van der Waals surface area (Å²) in [6.45, 7) is -0.254. The molecular formula is C14H17NO5. The van der Waals surface area contributed by atoms with Crippen LogP contribution in [0.4, 0.5) is 4.79 Å². The molecule has 20 heavy (non-hydrogen) atoms. The Morgan fingerprint density at radius 3 is 2.75 bits per heavy atom. The summed E-state index contributed by atoms with van der Waals surface area (Å²) in [5, 5.41) is 18.4. The third kappa shape index (κ3) is 3.34. The number of hydrogen-bond acceptors (Lipinski definition) is 5. The number of hydrogen-bond donors (Lipinski definition) is 2. The van der Waals surface area contributed by atoms with E-state index in [1.54, 1.807) is 0 Å². The van der Waals surface area contributed by atoms with Crippen LogP contribution in [-0.2, 0) is 16.1 Å². The summed E-state index contributed by atoms with van der Waals surface area (Å²) in [5.41, 5.74) is 0.833. The van der Waals surface area contributed by atoms with Crippen LogP contribution < -0.4 is 0 Å². The highest BCUT2D eigenvalue weighted by molar-refractivity contribution is 5.93. The summed E-state index contributed by atoms with van der Waals surface area (Å²) in [6.07, 6.45) is -1.67. The molecule has 2 rings (SSSR count). The quantitative estimate of drug-likeness (QED) is 0.839. The Kier molecular flexibility index (Phi) is 4.70. The lowest BCUT2D eigenvalue weighted by Crippen LogP contribution is -2.34. The van der Waals surface area contributed by atoms with Crippen LogP contribution >= 0.6 is 0 Å². The second-order valence-corrected chi connectivity index (χ2v) is 4.76. The van der Waals surface area contributed by atoms with Crippen LogP contribution in [0.3, 0.4) is 0 Å². The maximum absolute atomic E-state index is 11.8. The van der Waals surface area contributed by atoms with Crippen molar-refractivity contribution in [2.24, 2.45) is 5.92 Å². The molecule has 0 aromatic heterocycles. The van der Waals surface area contributed by atoms with Crippen molar-refractivity contribution in [2.45, 2.75) is 19.1 Å². The maximum atomic E-state index is 11.8. The molecule has 0 radical (unpaired) electrons. The average Bonchev–Trinajstić information content (AvgIpc) is 2.87. The van der Waals surface area contributed by atoms with Crippen molar-refractivity contribution in [3.63, 3.8) is 0 Å². The molecule has 0 bridgehead atoms. The van der Waals surface area contributed by atoms with Crippen molar-refractivity contribution in [1.29, 1.82) is 0 Å². The number of likely N-dealkylation sites (tertiary alicyclic amines) is 1. The number of imide groups is 1. The molecular weight excluding hydrogens is 262 g/mol. The third-order valence-corrected chi connectivity index (χ3v) is 3.31. The van der Waals surface area contributed by atoms with Crippen molar-refractivity contribution in [3.8, 4) is 0 Å². The van der Waals surface area contributed by atoms with Gasteiger partial charge in [0.2, 0.25) is 5.91 Å². The highest BCUT2D eigenvalue weighted by atomic mass is 16.6. The molecule has 6 heteroatoms. The molecule has 1 aromatic carbocycles. The van der Waals surface area contributed by atoms with E-state index in [-0.39, 0.29) is 25.5 Å². The fourth-order valence-corrected chi connectivity index (χ4v) is 2.12. The highest BCUT2D eigenvalue weighted by Crippen LogP contribution is 2.22. The molecule has 1 aromatic rings. The van der Waals surface area contributed by atoms with Crippen LogP contribution in [0, 0.1) is 5.92 Å². The molecule has 1 aliphatic heterocycles. The number of nitrogens with zero attached hydrogens (tertiary/aromatic N) is 1. The first kappa shape index (κ1) is 14.5. The van der Waals surface area contributed by atoms with Gasteiger partial charge in [0.25, 0.3) is 0 Å². The minimum Gasteiger partial charge on any atom is -0.444 e. The zero-order chi connectivity index (χ0) is 14.5. The van der Waals surface area contributed by atoms with Gasteiger partial charge in [0.05, 0.1) is 12.7 Å². The molecule has 0 unspecified atom stereocenters. The van der Waals surface area contributed by atoms with E-state index in [1.165, 1.54) is 0 Å². The van der Waals surface area contributed by atoms with Gasteiger partial charge < -0.3 is 14.9 Å². The number of amides is 2. The van der Waals surface area contributed by atoms with E-state index in [0.29, 0.717) is 0 Å². The molecule has 1 heterocycles. The summed E-state index contributed by atoms with van der Waals surface area (Å²) in [5.74, 6) is -0.822. The molecule has 1 aliphatic rings. The fourth-order valence-electron chi connectivity index (χ4n) is 2.12. The highest BCUT2D eigenvalue weighted by Gasteiger charge is 2.38. The van der Waals surface area contributed by atoms with Crippen LogP contribution in [0.15, 0.2) is 30.3 Å². The van der Waals surface area contributed by atoms with Gasteiger partial charge in [0, 0.05) is 18.9 Å². The predicted octanol–water partition coefficient (Wildman–Crippen LogP) is 0.525. The van der Waals surface area contributed by atoms with Gasteiger partial charge in [-0.05, 0) is 5.56 Å². The van der Waals surface area contributed by atoms with Crippen LogP contribution in [0.25, 0.3) is 0 Å². The summed E-state index contributed by atoms with van der Waals surface area (Å²) in [4.78, 5) is 24.5. The monoisotopic (exact) mass is 279 g/mol. The van der Waals surface area contributed by atoms with E-state index in [9.17, 15) is 14.7 Å². The third-order valence-electron chi connectivity index (χ3n) is 3.31. The normalized spacial score (nSPS) is 20.0. The number of carbonyl (C=O) groups is 2. The largest absolute Gasteiger partial charge is 0.444 e. The minimum absolute atomic E-state index is 0.0438. The minimum atomic E-state index is -0.995. The molecule has 108 valence electrons. The number of aliphatic hydroxyl groups is 2. The SMILES string of the molecule is O=C1C[C@H]([C@H](O)CO)CN1C(=O)OCc1ccccc1. The Morgan fingerprint density at radius 2 is 2.10 bits per heavy atom. The molecule has 0 aliphatic carbocycles. The molecule has 1 fully saturated rings.